The summed E-state index contributed by atoms with van der Waals surface area (Å²) in [6.45, 7) is 4.05. The van der Waals surface area contributed by atoms with Crippen molar-refractivity contribution in [2.24, 2.45) is 0 Å². The number of benzene rings is 1. The van der Waals surface area contributed by atoms with Gasteiger partial charge in [-0.25, -0.2) is 4.98 Å². The van der Waals surface area contributed by atoms with Crippen LogP contribution in [0.3, 0.4) is 0 Å². The van der Waals surface area contributed by atoms with Crippen LogP contribution < -0.4 is 0 Å². The maximum Gasteiger partial charge on any atom is 0.519 e. The molecule has 0 fully saturated rings. The Kier molecular flexibility index (Phi) is 4.18. The lowest BCUT2D eigenvalue weighted by Crippen LogP contribution is -1.93. The van der Waals surface area contributed by atoms with Gasteiger partial charge in [0.1, 0.15) is 0 Å². The summed E-state index contributed by atoms with van der Waals surface area (Å²) in [4.78, 5) is 4.35. The molecule has 0 saturated heterocycles. The van der Waals surface area contributed by atoms with Gasteiger partial charge in [0.25, 0.3) is 0 Å². The van der Waals surface area contributed by atoms with Crippen molar-refractivity contribution >= 4 is 8.03 Å². The van der Waals surface area contributed by atoms with Crippen LogP contribution >= 0.6 is 8.03 Å². The predicted octanol–water partition coefficient (Wildman–Crippen LogP) is 3.31. The van der Waals surface area contributed by atoms with Gasteiger partial charge in [-0.2, -0.15) is 5.10 Å². The van der Waals surface area contributed by atoms with Crippen molar-refractivity contribution in [2.75, 3.05) is 6.61 Å². The number of rotatable bonds is 5. The summed E-state index contributed by atoms with van der Waals surface area (Å²) in [6, 6.07) is 9.65. The zero-order valence-electron chi connectivity index (χ0n) is 10.3. The van der Waals surface area contributed by atoms with Crippen LogP contribution in [0.1, 0.15) is 25.3 Å². The Morgan fingerprint density at radius 1 is 1.39 bits per heavy atom. The number of nitrogens with one attached hydrogen (secondary N) is 1. The molecule has 0 radical (unpaired) electrons. The second-order valence-corrected chi connectivity index (χ2v) is 5.39. The Hall–Kier alpha value is -1.58. The van der Waals surface area contributed by atoms with Crippen LogP contribution in [0, 0.1) is 0 Å². The van der Waals surface area contributed by atoms with Gasteiger partial charge in [0.05, 0.1) is 6.61 Å². The molecule has 1 N–H and O–H groups in total. The van der Waals surface area contributed by atoms with Crippen molar-refractivity contribution in [3.63, 3.8) is 0 Å². The molecule has 94 valence electrons. The van der Waals surface area contributed by atoms with E-state index in [4.69, 9.17) is 4.52 Å². The molecule has 2 atom stereocenters. The van der Waals surface area contributed by atoms with Crippen molar-refractivity contribution in [1.82, 2.24) is 15.2 Å². The van der Waals surface area contributed by atoms with Crippen molar-refractivity contribution in [3.8, 4) is 11.4 Å². The Morgan fingerprint density at radius 2 is 2.11 bits per heavy atom. The van der Waals surface area contributed by atoms with Gasteiger partial charge in [-0.15, -0.1) is 4.52 Å². The average molecular weight is 264 g/mol. The quantitative estimate of drug-likeness (QED) is 0.841. The monoisotopic (exact) mass is 264 g/mol. The molecule has 0 spiro atoms. The maximum atomic E-state index is 11.7. The number of H-pyrrole nitrogens is 1. The van der Waals surface area contributed by atoms with Crippen LogP contribution in [0.4, 0.5) is 0 Å². The van der Waals surface area contributed by atoms with E-state index in [-0.39, 0.29) is 5.66 Å². The molecule has 0 bridgehead atoms. The van der Waals surface area contributed by atoms with Gasteiger partial charge < -0.3 is 0 Å². The standard InChI is InChI=1S/C12H15N3O2P/c1-3-17-18(16)9(2)11-13-12(15-14-11)10-7-5-4-6-8-10/h4-9H,3H2,1-2H3,(H,13,14,15)/q+1. The number of aromatic amines is 1. The van der Waals surface area contributed by atoms with Crippen LogP contribution in [0.25, 0.3) is 11.4 Å². The highest BCUT2D eigenvalue weighted by atomic mass is 31.1. The molecule has 2 unspecified atom stereocenters. The molecule has 0 aliphatic carbocycles. The Bertz CT molecular complexity index is 527. The predicted molar refractivity (Wildman–Crippen MR) is 69.5 cm³/mol. The lowest BCUT2D eigenvalue weighted by atomic mass is 10.2. The number of nitrogens with zero attached hydrogens (tertiary/aromatic N) is 2. The highest BCUT2D eigenvalue weighted by Crippen LogP contribution is 2.40. The van der Waals surface area contributed by atoms with Crippen molar-refractivity contribution in [2.45, 2.75) is 19.5 Å². The Morgan fingerprint density at radius 3 is 2.78 bits per heavy atom. The summed E-state index contributed by atoms with van der Waals surface area (Å²) in [6.07, 6.45) is 0. The molecule has 0 aliphatic heterocycles. The van der Waals surface area contributed by atoms with Crippen LogP contribution in [0.5, 0.6) is 0 Å². The molecule has 1 aromatic carbocycles. The number of hydrogen-bond donors (Lipinski definition) is 1. The average Bonchev–Trinajstić information content (AvgIpc) is 2.89. The van der Waals surface area contributed by atoms with Gasteiger partial charge >= 0.3 is 8.03 Å². The summed E-state index contributed by atoms with van der Waals surface area (Å²) in [5.74, 6) is 1.20. The highest BCUT2D eigenvalue weighted by Gasteiger charge is 2.32. The van der Waals surface area contributed by atoms with Gasteiger partial charge in [-0.3, -0.25) is 5.10 Å². The molecular weight excluding hydrogens is 249 g/mol. The highest BCUT2D eigenvalue weighted by molar-refractivity contribution is 7.39. The summed E-state index contributed by atoms with van der Waals surface area (Å²) >= 11 is 0. The van der Waals surface area contributed by atoms with Gasteiger partial charge in [0.2, 0.25) is 5.66 Å². The van der Waals surface area contributed by atoms with Crippen LogP contribution in [-0.4, -0.2) is 21.8 Å². The Balaban J connectivity index is 2.18. The molecular formula is C12H15N3O2P+. The van der Waals surface area contributed by atoms with Crippen LogP contribution in [0.2, 0.25) is 0 Å². The molecule has 0 aliphatic rings. The van der Waals surface area contributed by atoms with Crippen LogP contribution in [-0.2, 0) is 9.09 Å². The second-order valence-electron chi connectivity index (χ2n) is 3.79. The third-order valence-corrected chi connectivity index (χ3v) is 3.89. The lowest BCUT2D eigenvalue weighted by Gasteiger charge is -1.94. The van der Waals surface area contributed by atoms with E-state index in [1.807, 2.05) is 44.2 Å². The van der Waals surface area contributed by atoms with E-state index in [9.17, 15) is 4.57 Å². The molecule has 2 rings (SSSR count). The molecule has 6 heteroatoms. The summed E-state index contributed by atoms with van der Waals surface area (Å²) < 4.78 is 16.8. The third kappa shape index (κ3) is 2.81. The van der Waals surface area contributed by atoms with E-state index in [1.165, 1.54) is 0 Å². The van der Waals surface area contributed by atoms with E-state index in [0.717, 1.165) is 5.56 Å². The number of hydrogen-bond acceptors (Lipinski definition) is 4. The van der Waals surface area contributed by atoms with E-state index in [1.54, 1.807) is 0 Å². The lowest BCUT2D eigenvalue weighted by molar-refractivity contribution is 0.344. The maximum absolute atomic E-state index is 11.7. The van der Waals surface area contributed by atoms with Crippen molar-refractivity contribution in [1.29, 1.82) is 0 Å². The van der Waals surface area contributed by atoms with Crippen molar-refractivity contribution in [3.05, 3.63) is 36.2 Å². The first kappa shape index (κ1) is 12.9. The fourth-order valence-corrected chi connectivity index (χ4v) is 2.31. The third-order valence-electron chi connectivity index (χ3n) is 2.50. The molecule has 0 amide bonds. The first-order chi connectivity index (χ1) is 8.72. The first-order valence-electron chi connectivity index (χ1n) is 5.79. The topological polar surface area (TPSA) is 67.9 Å². The van der Waals surface area contributed by atoms with E-state index in [0.29, 0.717) is 18.3 Å². The number of aromatic nitrogens is 3. The Labute approximate surface area is 106 Å². The molecule has 1 heterocycles. The van der Waals surface area contributed by atoms with Gasteiger partial charge in [-0.05, 0) is 18.4 Å². The van der Waals surface area contributed by atoms with E-state index >= 15 is 0 Å². The molecule has 2 aromatic rings. The van der Waals surface area contributed by atoms with Gasteiger partial charge in [0, 0.05) is 5.56 Å². The fraction of sp³-hybridized carbons (Fsp3) is 0.333. The summed E-state index contributed by atoms with van der Waals surface area (Å²) in [5.41, 5.74) is 0.642. The smallest absolute Gasteiger partial charge is 0.259 e. The molecule has 5 nitrogen and oxygen atoms in total. The fourth-order valence-electron chi connectivity index (χ4n) is 1.52. The van der Waals surface area contributed by atoms with Gasteiger partial charge in [-0.1, -0.05) is 30.3 Å². The zero-order valence-corrected chi connectivity index (χ0v) is 11.2. The molecule has 1 aromatic heterocycles. The van der Waals surface area contributed by atoms with E-state index < -0.39 is 8.03 Å². The summed E-state index contributed by atoms with van der Waals surface area (Å²) in [5, 5.41) is 6.95. The van der Waals surface area contributed by atoms with Crippen molar-refractivity contribution < 1.29 is 9.09 Å². The zero-order chi connectivity index (χ0) is 13.0. The minimum atomic E-state index is -1.76. The minimum Gasteiger partial charge on any atom is -0.259 e. The normalized spacial score (nSPS) is 13.3. The van der Waals surface area contributed by atoms with E-state index in [2.05, 4.69) is 15.2 Å². The largest absolute Gasteiger partial charge is 0.519 e. The van der Waals surface area contributed by atoms with Gasteiger partial charge in [0.15, 0.2) is 11.6 Å². The van der Waals surface area contributed by atoms with Crippen LogP contribution in [0.15, 0.2) is 30.3 Å². The second kappa shape index (κ2) is 5.85. The molecule has 18 heavy (non-hydrogen) atoms. The molecule has 0 saturated carbocycles. The first-order valence-corrected chi connectivity index (χ1v) is 7.04. The minimum absolute atomic E-state index is 0.287. The summed E-state index contributed by atoms with van der Waals surface area (Å²) in [7, 11) is -1.76. The SMILES string of the molecule is CCO[P+](=O)C(C)c1nc(-c2ccccc2)n[nH]1.